The highest BCUT2D eigenvalue weighted by molar-refractivity contribution is 7.71. The fourth-order valence-electron chi connectivity index (χ4n) is 1.54. The SMILES string of the molecule is OC[C@H]1O[C@@H](n2[nH]cnc2=S)[C@H](O)[C@@H]1O. The topological polar surface area (TPSA) is 104 Å². The van der Waals surface area contributed by atoms with E-state index >= 15 is 0 Å². The van der Waals surface area contributed by atoms with Crippen LogP contribution in [-0.4, -0.2) is 55.0 Å². The van der Waals surface area contributed by atoms with E-state index in [1.165, 1.54) is 11.0 Å². The van der Waals surface area contributed by atoms with Gasteiger partial charge in [-0.05, 0) is 12.2 Å². The van der Waals surface area contributed by atoms with Crippen molar-refractivity contribution in [1.82, 2.24) is 14.8 Å². The van der Waals surface area contributed by atoms with Crippen LogP contribution in [0.5, 0.6) is 0 Å². The number of nitrogens with zero attached hydrogens (tertiary/aromatic N) is 2. The van der Waals surface area contributed by atoms with Crippen molar-refractivity contribution in [3.63, 3.8) is 0 Å². The minimum Gasteiger partial charge on any atom is -0.394 e. The van der Waals surface area contributed by atoms with E-state index < -0.39 is 24.5 Å². The number of hydrogen-bond acceptors (Lipinski definition) is 6. The van der Waals surface area contributed by atoms with E-state index in [1.807, 2.05) is 0 Å². The van der Waals surface area contributed by atoms with Gasteiger partial charge in [-0.3, -0.25) is 5.10 Å². The molecule has 0 aliphatic carbocycles. The molecule has 1 aliphatic heterocycles. The Balaban J connectivity index is 2.26. The van der Waals surface area contributed by atoms with Gasteiger partial charge in [0.2, 0.25) is 4.77 Å². The molecule has 1 fully saturated rings. The maximum atomic E-state index is 9.65. The van der Waals surface area contributed by atoms with Gasteiger partial charge in [-0.15, -0.1) is 0 Å². The third-order valence-corrected chi connectivity index (χ3v) is 2.65. The second kappa shape index (κ2) is 3.99. The Morgan fingerprint density at radius 3 is 2.73 bits per heavy atom. The van der Waals surface area contributed by atoms with Crippen molar-refractivity contribution >= 4 is 12.2 Å². The average Bonchev–Trinajstić information content (AvgIpc) is 2.74. The molecule has 0 aromatic carbocycles. The predicted octanol–water partition coefficient (Wildman–Crippen LogP) is -1.45. The summed E-state index contributed by atoms with van der Waals surface area (Å²) in [5.41, 5.74) is 0. The predicted molar refractivity (Wildman–Crippen MR) is 50.4 cm³/mol. The molecule has 4 atom stereocenters. The van der Waals surface area contributed by atoms with Crippen LogP contribution in [0.2, 0.25) is 0 Å². The molecule has 7 nitrogen and oxygen atoms in total. The fraction of sp³-hybridized carbons (Fsp3) is 0.714. The Hall–Kier alpha value is -0.800. The van der Waals surface area contributed by atoms with Crippen LogP contribution in [-0.2, 0) is 4.74 Å². The molecule has 0 saturated carbocycles. The number of aromatic amines is 1. The summed E-state index contributed by atoms with van der Waals surface area (Å²) in [7, 11) is 0. The maximum Gasteiger partial charge on any atom is 0.218 e. The van der Waals surface area contributed by atoms with Gasteiger partial charge in [0.25, 0.3) is 0 Å². The van der Waals surface area contributed by atoms with Crippen LogP contribution >= 0.6 is 12.2 Å². The molecule has 2 rings (SSSR count). The van der Waals surface area contributed by atoms with Gasteiger partial charge in [0.05, 0.1) is 6.61 Å². The van der Waals surface area contributed by atoms with Crippen LogP contribution in [0, 0.1) is 4.77 Å². The van der Waals surface area contributed by atoms with E-state index in [0.29, 0.717) is 0 Å². The molecule has 1 saturated heterocycles. The van der Waals surface area contributed by atoms with E-state index in [2.05, 4.69) is 10.1 Å². The first-order valence-electron chi connectivity index (χ1n) is 4.39. The molecule has 4 N–H and O–H groups in total. The molecular weight excluding hydrogens is 222 g/mol. The first-order chi connectivity index (χ1) is 7.15. The van der Waals surface area contributed by atoms with Crippen molar-refractivity contribution < 1.29 is 20.1 Å². The molecule has 0 bridgehead atoms. The number of H-pyrrole nitrogens is 1. The third-order valence-electron chi connectivity index (χ3n) is 2.35. The number of nitrogens with one attached hydrogen (secondary N) is 1. The van der Waals surface area contributed by atoms with Gasteiger partial charge in [-0.25, -0.2) is 9.67 Å². The first kappa shape index (κ1) is 10.7. The molecule has 84 valence electrons. The zero-order valence-electron chi connectivity index (χ0n) is 7.65. The van der Waals surface area contributed by atoms with Crippen molar-refractivity contribution in [3.05, 3.63) is 11.1 Å². The monoisotopic (exact) mass is 233 g/mol. The Morgan fingerprint density at radius 2 is 2.27 bits per heavy atom. The number of aliphatic hydroxyl groups is 3. The van der Waals surface area contributed by atoms with Gasteiger partial charge < -0.3 is 20.1 Å². The van der Waals surface area contributed by atoms with E-state index in [0.717, 1.165) is 0 Å². The summed E-state index contributed by atoms with van der Waals surface area (Å²) >= 11 is 4.87. The standard InChI is InChI=1S/C7H11N3O4S/c11-1-3-4(12)5(13)6(14-3)10-7(15)8-2-9-10/h2-6,11-13H,1H2,(H,8,9,15)/t3-,4-,5-,6-/m1/s1. The number of aromatic nitrogens is 3. The van der Waals surface area contributed by atoms with Crippen LogP contribution in [0.15, 0.2) is 6.33 Å². The molecule has 0 spiro atoms. The lowest BCUT2D eigenvalue weighted by atomic mass is 10.1. The lowest BCUT2D eigenvalue weighted by Crippen LogP contribution is -2.33. The summed E-state index contributed by atoms with van der Waals surface area (Å²) in [5.74, 6) is 0. The molecule has 1 aromatic rings. The fourth-order valence-corrected chi connectivity index (χ4v) is 1.75. The summed E-state index contributed by atoms with van der Waals surface area (Å²) in [6, 6.07) is 0. The highest BCUT2D eigenvalue weighted by Gasteiger charge is 2.43. The summed E-state index contributed by atoms with van der Waals surface area (Å²) < 4.78 is 6.77. The van der Waals surface area contributed by atoms with Gasteiger partial charge >= 0.3 is 0 Å². The first-order valence-corrected chi connectivity index (χ1v) is 4.80. The smallest absolute Gasteiger partial charge is 0.218 e. The molecule has 2 heterocycles. The Bertz CT molecular complexity index is 392. The van der Waals surface area contributed by atoms with Gasteiger partial charge in [-0.2, -0.15) is 0 Å². The largest absolute Gasteiger partial charge is 0.394 e. The van der Waals surface area contributed by atoms with E-state index in [1.54, 1.807) is 0 Å². The second-order valence-electron chi connectivity index (χ2n) is 3.27. The van der Waals surface area contributed by atoms with E-state index in [9.17, 15) is 10.2 Å². The number of rotatable bonds is 2. The van der Waals surface area contributed by atoms with Crippen LogP contribution in [0.1, 0.15) is 6.23 Å². The Morgan fingerprint density at radius 1 is 1.53 bits per heavy atom. The molecular formula is C7H11N3O4S. The van der Waals surface area contributed by atoms with Crippen LogP contribution in [0.3, 0.4) is 0 Å². The normalized spacial score (nSPS) is 35.9. The van der Waals surface area contributed by atoms with E-state index in [4.69, 9.17) is 22.1 Å². The summed E-state index contributed by atoms with van der Waals surface area (Å²) in [4.78, 5) is 3.76. The number of ether oxygens (including phenoxy) is 1. The van der Waals surface area contributed by atoms with Crippen LogP contribution < -0.4 is 0 Å². The lowest BCUT2D eigenvalue weighted by Gasteiger charge is -2.14. The minimum atomic E-state index is -1.14. The quantitative estimate of drug-likeness (QED) is 0.466. The molecule has 1 aromatic heterocycles. The van der Waals surface area contributed by atoms with Gasteiger partial charge in [0.1, 0.15) is 24.6 Å². The molecule has 0 unspecified atom stereocenters. The molecule has 0 radical (unpaired) electrons. The molecule has 15 heavy (non-hydrogen) atoms. The molecule has 0 amide bonds. The number of hydrogen-bond donors (Lipinski definition) is 4. The van der Waals surface area contributed by atoms with Crippen molar-refractivity contribution in [2.75, 3.05) is 6.61 Å². The van der Waals surface area contributed by atoms with Crippen LogP contribution in [0.25, 0.3) is 0 Å². The average molecular weight is 233 g/mol. The highest BCUT2D eigenvalue weighted by atomic mass is 32.1. The highest BCUT2D eigenvalue weighted by Crippen LogP contribution is 2.28. The van der Waals surface area contributed by atoms with E-state index in [-0.39, 0.29) is 11.4 Å². The van der Waals surface area contributed by atoms with Crippen molar-refractivity contribution in [2.45, 2.75) is 24.5 Å². The third kappa shape index (κ3) is 1.70. The Kier molecular flexibility index (Phi) is 2.85. The van der Waals surface area contributed by atoms with Crippen molar-refractivity contribution in [3.8, 4) is 0 Å². The van der Waals surface area contributed by atoms with Crippen molar-refractivity contribution in [2.24, 2.45) is 0 Å². The van der Waals surface area contributed by atoms with Crippen molar-refractivity contribution in [1.29, 1.82) is 0 Å². The van der Waals surface area contributed by atoms with Gasteiger partial charge in [-0.1, -0.05) is 0 Å². The molecule has 8 heteroatoms. The van der Waals surface area contributed by atoms with Gasteiger partial charge in [0, 0.05) is 0 Å². The Labute approximate surface area is 89.9 Å². The second-order valence-corrected chi connectivity index (χ2v) is 3.63. The summed E-state index contributed by atoms with van der Waals surface area (Å²) in [5, 5.41) is 30.7. The summed E-state index contributed by atoms with van der Waals surface area (Å²) in [6.07, 6.45) is -2.57. The van der Waals surface area contributed by atoms with Crippen LogP contribution in [0.4, 0.5) is 0 Å². The minimum absolute atomic E-state index is 0.213. The zero-order valence-corrected chi connectivity index (χ0v) is 8.46. The molecule has 1 aliphatic rings. The lowest BCUT2D eigenvalue weighted by molar-refractivity contribution is -0.0594. The number of aliphatic hydroxyl groups excluding tert-OH is 3. The zero-order chi connectivity index (χ0) is 11.0. The summed E-state index contributed by atoms with van der Waals surface area (Å²) in [6.45, 7) is -0.365. The van der Waals surface area contributed by atoms with Gasteiger partial charge in [0.15, 0.2) is 6.23 Å². The maximum absolute atomic E-state index is 9.65.